The maximum absolute atomic E-state index is 12.5. The molecule has 0 aliphatic heterocycles. The third-order valence-electron chi connectivity index (χ3n) is 15.5. The SMILES string of the molecule is CCCCCCCCCCCCCCCCCCCCCCC/C=C/C(O)C(CO)NC(=O)CCCCCCCCC/C=C\CCCCCCCCCCCCOC(=O)CCCCCCCCCCCCCC. The number of hydrogen-bond donors (Lipinski definition) is 3. The molecular formula is C67H129NO5. The molecule has 2 unspecified atom stereocenters. The Kier molecular flexibility index (Phi) is 61.4. The van der Waals surface area contributed by atoms with Crippen molar-refractivity contribution in [3.63, 3.8) is 0 Å². The molecule has 432 valence electrons. The zero-order valence-electron chi connectivity index (χ0n) is 49.4. The minimum Gasteiger partial charge on any atom is -0.466 e. The van der Waals surface area contributed by atoms with Gasteiger partial charge in [-0.2, -0.15) is 0 Å². The molecule has 3 N–H and O–H groups in total. The van der Waals surface area contributed by atoms with E-state index in [2.05, 4.69) is 31.3 Å². The fraction of sp³-hybridized carbons (Fsp3) is 0.910. The van der Waals surface area contributed by atoms with Gasteiger partial charge in [0.15, 0.2) is 0 Å². The van der Waals surface area contributed by atoms with E-state index in [4.69, 9.17) is 4.74 Å². The van der Waals surface area contributed by atoms with Crippen molar-refractivity contribution >= 4 is 11.9 Å². The van der Waals surface area contributed by atoms with Crippen LogP contribution in [0.25, 0.3) is 0 Å². The van der Waals surface area contributed by atoms with Gasteiger partial charge in [-0.3, -0.25) is 9.59 Å². The number of ether oxygens (including phenoxy) is 1. The lowest BCUT2D eigenvalue weighted by atomic mass is 10.0. The molecule has 0 aromatic heterocycles. The van der Waals surface area contributed by atoms with Crippen LogP contribution in [0.1, 0.15) is 367 Å². The molecule has 0 saturated heterocycles. The van der Waals surface area contributed by atoms with Gasteiger partial charge in [-0.25, -0.2) is 0 Å². The first kappa shape index (κ1) is 71.3. The number of unbranched alkanes of at least 4 members (excludes halogenated alkanes) is 49. The van der Waals surface area contributed by atoms with Crippen LogP contribution in [0.3, 0.4) is 0 Å². The third kappa shape index (κ3) is 59.4. The van der Waals surface area contributed by atoms with Crippen LogP contribution in [-0.2, 0) is 14.3 Å². The highest BCUT2D eigenvalue weighted by atomic mass is 16.5. The molecule has 6 nitrogen and oxygen atoms in total. The predicted molar refractivity (Wildman–Crippen MR) is 320 cm³/mol. The molecule has 0 heterocycles. The lowest BCUT2D eigenvalue weighted by molar-refractivity contribution is -0.143. The van der Waals surface area contributed by atoms with Gasteiger partial charge in [0.05, 0.1) is 25.4 Å². The Balaban J connectivity index is 3.45. The van der Waals surface area contributed by atoms with Gasteiger partial charge in [0, 0.05) is 12.8 Å². The summed E-state index contributed by atoms with van der Waals surface area (Å²) in [4.78, 5) is 24.5. The first-order chi connectivity index (χ1) is 36.0. The van der Waals surface area contributed by atoms with E-state index in [9.17, 15) is 19.8 Å². The van der Waals surface area contributed by atoms with Crippen molar-refractivity contribution in [1.82, 2.24) is 5.32 Å². The highest BCUT2D eigenvalue weighted by Gasteiger charge is 2.18. The number of rotatable bonds is 62. The molecule has 0 radical (unpaired) electrons. The van der Waals surface area contributed by atoms with E-state index in [-0.39, 0.29) is 18.5 Å². The fourth-order valence-electron chi connectivity index (χ4n) is 10.4. The van der Waals surface area contributed by atoms with E-state index in [0.717, 1.165) is 44.9 Å². The molecule has 0 saturated carbocycles. The van der Waals surface area contributed by atoms with Crippen LogP contribution in [-0.4, -0.2) is 47.4 Å². The first-order valence-corrected chi connectivity index (χ1v) is 33.1. The summed E-state index contributed by atoms with van der Waals surface area (Å²) in [6.45, 7) is 4.93. The lowest BCUT2D eigenvalue weighted by Crippen LogP contribution is -2.45. The zero-order chi connectivity index (χ0) is 52.9. The van der Waals surface area contributed by atoms with Gasteiger partial charge >= 0.3 is 5.97 Å². The summed E-state index contributed by atoms with van der Waals surface area (Å²) < 4.78 is 5.47. The van der Waals surface area contributed by atoms with E-state index in [1.54, 1.807) is 6.08 Å². The van der Waals surface area contributed by atoms with Crippen molar-refractivity contribution in [2.75, 3.05) is 13.2 Å². The number of esters is 1. The van der Waals surface area contributed by atoms with Gasteiger partial charge in [-0.1, -0.05) is 321 Å². The third-order valence-corrected chi connectivity index (χ3v) is 15.5. The Bertz CT molecular complexity index is 1140. The molecule has 2 atom stereocenters. The molecule has 0 aliphatic carbocycles. The second-order valence-electron chi connectivity index (χ2n) is 22.8. The van der Waals surface area contributed by atoms with Crippen LogP contribution in [0.2, 0.25) is 0 Å². The largest absolute Gasteiger partial charge is 0.466 e. The summed E-state index contributed by atoms with van der Waals surface area (Å²) in [5, 5.41) is 23.2. The Morgan fingerprint density at radius 1 is 0.370 bits per heavy atom. The minimum atomic E-state index is -0.850. The van der Waals surface area contributed by atoms with Gasteiger partial charge in [0.25, 0.3) is 0 Å². The number of hydrogen-bond acceptors (Lipinski definition) is 5. The Labute approximate surface area is 456 Å². The fourth-order valence-corrected chi connectivity index (χ4v) is 10.4. The summed E-state index contributed by atoms with van der Waals surface area (Å²) >= 11 is 0. The average molecular weight is 1030 g/mol. The molecule has 0 fully saturated rings. The van der Waals surface area contributed by atoms with Crippen LogP contribution in [0.4, 0.5) is 0 Å². The van der Waals surface area contributed by atoms with E-state index in [1.165, 1.54) is 295 Å². The molecule has 0 aromatic rings. The number of nitrogens with one attached hydrogen (secondary N) is 1. The summed E-state index contributed by atoms with van der Waals surface area (Å²) in [6, 6.07) is -0.634. The van der Waals surface area contributed by atoms with Gasteiger partial charge in [-0.05, 0) is 57.8 Å². The van der Waals surface area contributed by atoms with Crippen LogP contribution >= 0.6 is 0 Å². The maximum Gasteiger partial charge on any atom is 0.305 e. The first-order valence-electron chi connectivity index (χ1n) is 33.1. The number of allylic oxidation sites excluding steroid dienone is 3. The van der Waals surface area contributed by atoms with E-state index < -0.39 is 12.1 Å². The van der Waals surface area contributed by atoms with Crippen LogP contribution in [0.5, 0.6) is 0 Å². The minimum absolute atomic E-state index is 0.00890. The van der Waals surface area contributed by atoms with Crippen LogP contribution in [0.15, 0.2) is 24.3 Å². The number of aliphatic hydroxyl groups is 2. The number of aliphatic hydroxyl groups excluding tert-OH is 2. The molecule has 0 aliphatic rings. The molecule has 0 aromatic carbocycles. The predicted octanol–water partition coefficient (Wildman–Crippen LogP) is 21.0. The van der Waals surface area contributed by atoms with Crippen molar-refractivity contribution in [3.05, 3.63) is 24.3 Å². The molecule has 0 bridgehead atoms. The van der Waals surface area contributed by atoms with E-state index >= 15 is 0 Å². The van der Waals surface area contributed by atoms with Crippen LogP contribution in [0, 0.1) is 0 Å². The smallest absolute Gasteiger partial charge is 0.305 e. The van der Waals surface area contributed by atoms with Gasteiger partial charge in [0.2, 0.25) is 5.91 Å². The zero-order valence-corrected chi connectivity index (χ0v) is 49.4. The monoisotopic (exact) mass is 1030 g/mol. The van der Waals surface area contributed by atoms with Gasteiger partial charge in [0.1, 0.15) is 0 Å². The Morgan fingerprint density at radius 2 is 0.644 bits per heavy atom. The van der Waals surface area contributed by atoms with Crippen LogP contribution < -0.4 is 5.32 Å². The topological polar surface area (TPSA) is 95.9 Å². The van der Waals surface area contributed by atoms with Gasteiger partial charge in [-0.15, -0.1) is 0 Å². The van der Waals surface area contributed by atoms with Crippen molar-refractivity contribution in [3.8, 4) is 0 Å². The van der Waals surface area contributed by atoms with E-state index in [1.807, 2.05) is 6.08 Å². The number of carbonyl (C=O) groups is 2. The lowest BCUT2D eigenvalue weighted by Gasteiger charge is -2.20. The number of amides is 1. The normalized spacial score (nSPS) is 12.7. The summed E-state index contributed by atoms with van der Waals surface area (Å²) in [7, 11) is 0. The second kappa shape index (κ2) is 62.9. The number of carbonyl (C=O) groups excluding carboxylic acids is 2. The van der Waals surface area contributed by atoms with E-state index in [0.29, 0.717) is 19.4 Å². The van der Waals surface area contributed by atoms with Crippen molar-refractivity contribution in [2.45, 2.75) is 379 Å². The van der Waals surface area contributed by atoms with Crippen molar-refractivity contribution in [2.24, 2.45) is 0 Å². The highest BCUT2D eigenvalue weighted by molar-refractivity contribution is 5.76. The summed E-state index contributed by atoms with van der Waals surface area (Å²) in [6.07, 6.45) is 78.0. The molecule has 0 rings (SSSR count). The molecular weight excluding hydrogens is 899 g/mol. The molecule has 6 heteroatoms. The summed E-state index contributed by atoms with van der Waals surface area (Å²) in [5.74, 6) is -0.0630. The Morgan fingerprint density at radius 3 is 0.973 bits per heavy atom. The quantitative estimate of drug-likeness (QED) is 0.0320. The summed E-state index contributed by atoms with van der Waals surface area (Å²) in [5.41, 5.74) is 0. The highest BCUT2D eigenvalue weighted by Crippen LogP contribution is 2.18. The van der Waals surface area contributed by atoms with Crippen molar-refractivity contribution in [1.29, 1.82) is 0 Å². The standard InChI is InChI=1S/C67H129NO5/c1-3-5-7-9-11-13-15-17-18-19-20-21-22-24-27-30-33-36-39-43-47-51-55-59-65(70)64(63-69)68-66(71)60-56-52-48-44-40-37-34-31-28-25-23-26-29-32-35-38-42-46-50-54-58-62-73-67(72)61-57-53-49-45-41-16-14-12-10-8-6-4-2/h25,28,55,59,64-65,69-70H,3-24,26-27,29-54,56-58,60-63H2,1-2H3,(H,68,71)/b28-25-,59-55+. The molecule has 1 amide bonds. The van der Waals surface area contributed by atoms with Gasteiger partial charge < -0.3 is 20.3 Å². The molecule has 0 spiro atoms. The average Bonchev–Trinajstić information content (AvgIpc) is 3.39. The van der Waals surface area contributed by atoms with Crippen molar-refractivity contribution < 1.29 is 24.5 Å². The molecule has 73 heavy (non-hydrogen) atoms. The second-order valence-corrected chi connectivity index (χ2v) is 22.8. The maximum atomic E-state index is 12.5. The Hall–Kier alpha value is -1.66.